The van der Waals surface area contributed by atoms with Crippen molar-refractivity contribution in [1.29, 1.82) is 0 Å². The smallest absolute Gasteiger partial charge is 0.366 e. The highest BCUT2D eigenvalue weighted by molar-refractivity contribution is 6.22. The van der Waals surface area contributed by atoms with E-state index in [0.29, 0.717) is 11.1 Å². The molecule has 0 aliphatic heterocycles. The Balaban J connectivity index is 2.00. The number of aryl methyl sites for hydroxylation is 1. The van der Waals surface area contributed by atoms with Crippen molar-refractivity contribution in [3.05, 3.63) is 65.7 Å². The number of nitrogens with zero attached hydrogens (tertiary/aromatic N) is 4. The van der Waals surface area contributed by atoms with Gasteiger partial charge in [0.15, 0.2) is 5.82 Å². The highest BCUT2D eigenvalue weighted by atomic mass is 19.4. The van der Waals surface area contributed by atoms with Crippen molar-refractivity contribution in [3.8, 4) is 11.4 Å². The molecule has 0 aliphatic carbocycles. The molecule has 3 rings (SSSR count). The molecule has 138 valence electrons. The summed E-state index contributed by atoms with van der Waals surface area (Å²) in [6.45, 7) is 1.56. The van der Waals surface area contributed by atoms with E-state index in [1.165, 1.54) is 29.6 Å². The van der Waals surface area contributed by atoms with Crippen LogP contribution in [0.25, 0.3) is 23.2 Å². The van der Waals surface area contributed by atoms with E-state index in [2.05, 4.69) is 15.1 Å². The molecule has 27 heavy (non-hydrogen) atoms. The number of amides is 1. The zero-order valence-corrected chi connectivity index (χ0v) is 14.1. The maximum absolute atomic E-state index is 13.0. The first-order valence-corrected chi connectivity index (χ1v) is 7.76. The Morgan fingerprint density at radius 1 is 1.19 bits per heavy atom. The summed E-state index contributed by atoms with van der Waals surface area (Å²) in [5.41, 5.74) is 5.98. The van der Waals surface area contributed by atoms with Crippen molar-refractivity contribution in [2.24, 2.45) is 5.73 Å². The fourth-order valence-electron chi connectivity index (χ4n) is 2.49. The van der Waals surface area contributed by atoms with Gasteiger partial charge in [0.05, 0.1) is 11.1 Å². The van der Waals surface area contributed by atoms with Crippen LogP contribution in [-0.2, 0) is 11.0 Å². The van der Waals surface area contributed by atoms with Crippen LogP contribution in [0.15, 0.2) is 49.1 Å². The Morgan fingerprint density at radius 2 is 1.89 bits per heavy atom. The molecule has 3 aromatic rings. The van der Waals surface area contributed by atoms with Gasteiger partial charge < -0.3 is 5.73 Å². The maximum atomic E-state index is 13.0. The average Bonchev–Trinajstić information content (AvgIpc) is 3.08. The standard InChI is InChI=1S/C18H14F3N5O/c1-11-6-13(8-14(7-11)18(19,20)21)17-24-10-26(25-17)9-15(16(22)27)12-2-4-23-5-3-12/h2-10H,1H3,(H2,22,27). The van der Waals surface area contributed by atoms with Crippen molar-refractivity contribution >= 4 is 17.7 Å². The topological polar surface area (TPSA) is 86.7 Å². The van der Waals surface area contributed by atoms with Gasteiger partial charge in [-0.05, 0) is 48.4 Å². The second kappa shape index (κ2) is 7.02. The van der Waals surface area contributed by atoms with Crippen LogP contribution in [0.5, 0.6) is 0 Å². The third-order valence-electron chi connectivity index (χ3n) is 3.69. The third-order valence-corrected chi connectivity index (χ3v) is 3.69. The highest BCUT2D eigenvalue weighted by Crippen LogP contribution is 2.32. The average molecular weight is 373 g/mol. The van der Waals surface area contributed by atoms with Crippen molar-refractivity contribution in [3.63, 3.8) is 0 Å². The van der Waals surface area contributed by atoms with Crippen LogP contribution < -0.4 is 5.73 Å². The largest absolute Gasteiger partial charge is 0.416 e. The number of halogens is 3. The van der Waals surface area contributed by atoms with Crippen molar-refractivity contribution in [2.45, 2.75) is 13.1 Å². The normalized spacial score (nSPS) is 12.2. The van der Waals surface area contributed by atoms with E-state index in [9.17, 15) is 18.0 Å². The number of carbonyl (C=O) groups excluding carboxylic acids is 1. The number of rotatable bonds is 4. The molecule has 0 atom stereocenters. The van der Waals surface area contributed by atoms with E-state index < -0.39 is 17.6 Å². The maximum Gasteiger partial charge on any atom is 0.416 e. The van der Waals surface area contributed by atoms with Gasteiger partial charge in [-0.1, -0.05) is 0 Å². The summed E-state index contributed by atoms with van der Waals surface area (Å²) >= 11 is 0. The zero-order valence-electron chi connectivity index (χ0n) is 14.1. The van der Waals surface area contributed by atoms with E-state index in [0.717, 1.165) is 12.1 Å². The lowest BCUT2D eigenvalue weighted by Gasteiger charge is -2.09. The Bertz CT molecular complexity index is 1010. The minimum atomic E-state index is -4.47. The quantitative estimate of drug-likeness (QED) is 0.712. The van der Waals surface area contributed by atoms with Gasteiger partial charge >= 0.3 is 6.18 Å². The molecule has 6 nitrogen and oxygen atoms in total. The van der Waals surface area contributed by atoms with Crippen molar-refractivity contribution in [2.75, 3.05) is 0 Å². The van der Waals surface area contributed by atoms with E-state index in [1.807, 2.05) is 0 Å². The van der Waals surface area contributed by atoms with Gasteiger partial charge in [-0.15, -0.1) is 5.10 Å². The number of hydrogen-bond acceptors (Lipinski definition) is 4. The first kappa shape index (κ1) is 18.3. The monoisotopic (exact) mass is 373 g/mol. The van der Waals surface area contributed by atoms with Gasteiger partial charge in [-0.2, -0.15) is 13.2 Å². The Morgan fingerprint density at radius 3 is 2.52 bits per heavy atom. The first-order valence-electron chi connectivity index (χ1n) is 7.76. The van der Waals surface area contributed by atoms with Crippen LogP contribution in [0, 0.1) is 6.92 Å². The molecular weight excluding hydrogens is 359 g/mol. The molecule has 0 spiro atoms. The van der Waals surface area contributed by atoms with Crippen LogP contribution in [0.1, 0.15) is 16.7 Å². The second-order valence-corrected chi connectivity index (χ2v) is 5.78. The number of primary amides is 1. The number of aromatic nitrogens is 4. The van der Waals surface area contributed by atoms with E-state index in [1.54, 1.807) is 25.1 Å². The lowest BCUT2D eigenvalue weighted by atomic mass is 10.1. The first-order chi connectivity index (χ1) is 12.7. The number of carbonyl (C=O) groups is 1. The number of pyridine rings is 1. The molecule has 2 aromatic heterocycles. The van der Waals surface area contributed by atoms with E-state index >= 15 is 0 Å². The fourth-order valence-corrected chi connectivity index (χ4v) is 2.49. The summed E-state index contributed by atoms with van der Waals surface area (Å²) in [7, 11) is 0. The second-order valence-electron chi connectivity index (χ2n) is 5.78. The molecule has 0 saturated carbocycles. The summed E-state index contributed by atoms with van der Waals surface area (Å²) in [5, 5.41) is 4.13. The van der Waals surface area contributed by atoms with Gasteiger partial charge in [-0.3, -0.25) is 9.78 Å². The summed E-state index contributed by atoms with van der Waals surface area (Å²) in [6.07, 6.45) is 1.18. The summed E-state index contributed by atoms with van der Waals surface area (Å²) in [5.74, 6) is -0.591. The molecule has 0 fully saturated rings. The summed E-state index contributed by atoms with van der Waals surface area (Å²) < 4.78 is 40.2. The number of alkyl halides is 3. The van der Waals surface area contributed by atoms with Gasteiger partial charge in [0, 0.05) is 24.2 Å². The minimum absolute atomic E-state index is 0.0963. The van der Waals surface area contributed by atoms with Gasteiger partial charge in [0.25, 0.3) is 5.91 Å². The number of nitrogens with two attached hydrogens (primary N) is 1. The molecule has 9 heteroatoms. The predicted molar refractivity (Wildman–Crippen MR) is 92.8 cm³/mol. The van der Waals surface area contributed by atoms with Crippen LogP contribution >= 0.6 is 0 Å². The fraction of sp³-hybridized carbons (Fsp3) is 0.111. The SMILES string of the molecule is Cc1cc(-c2ncn(C=C(C(N)=O)c3ccncc3)n2)cc(C(F)(F)F)c1. The highest BCUT2D eigenvalue weighted by Gasteiger charge is 2.31. The predicted octanol–water partition coefficient (Wildman–Crippen LogP) is 3.15. The molecule has 2 heterocycles. The summed E-state index contributed by atoms with van der Waals surface area (Å²) in [4.78, 5) is 19.6. The Hall–Kier alpha value is -3.49. The molecule has 0 unspecified atom stereocenters. The Kier molecular flexibility index (Phi) is 4.76. The van der Waals surface area contributed by atoms with Gasteiger partial charge in [-0.25, -0.2) is 9.67 Å². The molecule has 1 amide bonds. The summed E-state index contributed by atoms with van der Waals surface area (Å²) in [6, 6.07) is 6.79. The van der Waals surface area contributed by atoms with Crippen molar-refractivity contribution in [1.82, 2.24) is 19.7 Å². The Labute approximate surface area is 152 Å². The van der Waals surface area contributed by atoms with Gasteiger partial charge in [0.2, 0.25) is 0 Å². The lowest BCUT2D eigenvalue weighted by molar-refractivity contribution is -0.137. The molecule has 0 aliphatic rings. The van der Waals surface area contributed by atoms with Crippen molar-refractivity contribution < 1.29 is 18.0 Å². The molecule has 2 N–H and O–H groups in total. The third kappa shape index (κ3) is 4.20. The lowest BCUT2D eigenvalue weighted by Crippen LogP contribution is -2.13. The van der Waals surface area contributed by atoms with E-state index in [4.69, 9.17) is 5.73 Å². The molecular formula is C18H14F3N5O. The van der Waals surface area contributed by atoms with Gasteiger partial charge in [0.1, 0.15) is 6.33 Å². The number of hydrogen-bond donors (Lipinski definition) is 1. The van der Waals surface area contributed by atoms with E-state index in [-0.39, 0.29) is 17.0 Å². The van der Waals surface area contributed by atoms with Crippen LogP contribution in [-0.4, -0.2) is 25.7 Å². The molecule has 0 bridgehead atoms. The number of benzene rings is 1. The van der Waals surface area contributed by atoms with Crippen LogP contribution in [0.4, 0.5) is 13.2 Å². The van der Waals surface area contributed by atoms with Crippen LogP contribution in [0.3, 0.4) is 0 Å². The molecule has 0 radical (unpaired) electrons. The zero-order chi connectivity index (χ0) is 19.6. The van der Waals surface area contributed by atoms with Crippen LogP contribution in [0.2, 0.25) is 0 Å². The molecule has 0 saturated heterocycles. The molecule has 1 aromatic carbocycles. The minimum Gasteiger partial charge on any atom is -0.366 e.